The monoisotopic (exact) mass is 792 g/mol. The van der Waals surface area contributed by atoms with Crippen molar-refractivity contribution in [2.45, 2.75) is 17.3 Å². The van der Waals surface area contributed by atoms with Crippen LogP contribution >= 0.6 is 0 Å². The van der Waals surface area contributed by atoms with Gasteiger partial charge < -0.3 is 0 Å². The maximum atomic E-state index is 7.89. The average molecular weight is 793 g/mol. The smallest absolute Gasteiger partial charge is 0.0720 e. The van der Waals surface area contributed by atoms with E-state index in [2.05, 4.69) is 173 Å². The minimum Gasteiger partial charge on any atom is -0.300 e. The van der Waals surface area contributed by atoms with Gasteiger partial charge in [0.1, 0.15) is 0 Å². The Morgan fingerprint density at radius 1 is 0.468 bits per heavy atom. The van der Waals surface area contributed by atoms with Crippen molar-refractivity contribution < 1.29 is 0 Å². The summed E-state index contributed by atoms with van der Waals surface area (Å²) in [6.07, 6.45) is 9.75. The van der Waals surface area contributed by atoms with E-state index in [0.29, 0.717) is 5.71 Å². The second-order valence-corrected chi connectivity index (χ2v) is 16.5. The Hall–Kier alpha value is -7.82. The van der Waals surface area contributed by atoms with Crippen LogP contribution in [0.5, 0.6) is 0 Å². The third-order valence-electron chi connectivity index (χ3n) is 13.7. The third kappa shape index (κ3) is 4.78. The van der Waals surface area contributed by atoms with Crippen LogP contribution in [-0.4, -0.2) is 28.9 Å². The molecule has 9 aromatic rings. The van der Waals surface area contributed by atoms with E-state index in [4.69, 9.17) is 5.41 Å². The molecule has 13 rings (SSSR count). The van der Waals surface area contributed by atoms with Crippen LogP contribution in [-0.2, 0) is 17.3 Å². The first-order valence-corrected chi connectivity index (χ1v) is 21.3. The molecule has 0 fully saturated rings. The van der Waals surface area contributed by atoms with Gasteiger partial charge in [-0.3, -0.25) is 20.4 Å². The molecule has 2 spiro atoms. The fraction of sp³-hybridized carbons (Fsp3) is 0.0690. The van der Waals surface area contributed by atoms with Gasteiger partial charge in [-0.1, -0.05) is 152 Å². The summed E-state index contributed by atoms with van der Waals surface area (Å²) in [5.41, 5.74) is 24.3. The third-order valence-corrected chi connectivity index (χ3v) is 13.7. The molecule has 62 heavy (non-hydrogen) atoms. The molecule has 2 heterocycles. The maximum absolute atomic E-state index is 7.89. The molecular weight excluding hydrogens is 753 g/mol. The number of rotatable bonds is 3. The first-order valence-electron chi connectivity index (χ1n) is 21.3. The average Bonchev–Trinajstić information content (AvgIpc) is 3.97. The molecule has 4 nitrogen and oxygen atoms in total. The normalized spacial score (nSPS) is 14.4. The predicted octanol–water partition coefficient (Wildman–Crippen LogP) is 12.2. The van der Waals surface area contributed by atoms with E-state index in [-0.39, 0.29) is 0 Å². The SMILES string of the molecule is CN=Cc1cccc2c1-c1c(ccc3c1Cc1ccccc1-3)C21c2ccccc2C2(c3ccccc3-c3ccccc32)c2ccccc21.N=C(c1cccnc1)c1cccnc1. The van der Waals surface area contributed by atoms with E-state index >= 15 is 0 Å². The zero-order chi connectivity index (χ0) is 41.4. The number of benzene rings is 7. The molecule has 4 aliphatic carbocycles. The number of hydrogen-bond acceptors (Lipinski definition) is 4. The summed E-state index contributed by atoms with van der Waals surface area (Å²) in [6.45, 7) is 0. The van der Waals surface area contributed by atoms with E-state index in [1.807, 2.05) is 31.3 Å². The van der Waals surface area contributed by atoms with Gasteiger partial charge in [-0.05, 0) is 120 Å². The molecule has 0 unspecified atom stereocenters. The Kier molecular flexibility index (Phi) is 8.07. The molecule has 0 amide bonds. The predicted molar refractivity (Wildman–Crippen MR) is 251 cm³/mol. The Labute approximate surface area is 361 Å². The fourth-order valence-electron chi connectivity index (χ4n) is 11.5. The van der Waals surface area contributed by atoms with Gasteiger partial charge in [0.05, 0.1) is 16.5 Å². The number of nitrogens with zero attached hydrogens (tertiary/aromatic N) is 3. The molecule has 4 aliphatic rings. The number of hydrogen-bond donors (Lipinski definition) is 1. The highest BCUT2D eigenvalue weighted by atomic mass is 14.7. The van der Waals surface area contributed by atoms with E-state index in [1.165, 1.54) is 94.6 Å². The summed E-state index contributed by atoms with van der Waals surface area (Å²) in [6, 6.07) is 65.0. The number of aliphatic imine (C=N–C) groups is 1. The summed E-state index contributed by atoms with van der Waals surface area (Å²) >= 11 is 0. The van der Waals surface area contributed by atoms with Crippen molar-refractivity contribution >= 4 is 11.9 Å². The Morgan fingerprint density at radius 3 is 1.50 bits per heavy atom. The van der Waals surface area contributed by atoms with Crippen molar-refractivity contribution in [3.05, 3.63) is 273 Å². The van der Waals surface area contributed by atoms with E-state index in [1.54, 1.807) is 24.8 Å². The first kappa shape index (κ1) is 36.1. The van der Waals surface area contributed by atoms with Gasteiger partial charge in [0.2, 0.25) is 0 Å². The lowest BCUT2D eigenvalue weighted by Gasteiger charge is -2.48. The highest BCUT2D eigenvalue weighted by Crippen LogP contribution is 2.68. The van der Waals surface area contributed by atoms with E-state index < -0.39 is 10.8 Å². The molecule has 0 aliphatic heterocycles. The molecule has 0 radical (unpaired) electrons. The number of aromatic nitrogens is 2. The van der Waals surface area contributed by atoms with E-state index in [0.717, 1.165) is 17.5 Å². The molecule has 0 bridgehead atoms. The quantitative estimate of drug-likeness (QED) is 0.181. The van der Waals surface area contributed by atoms with Gasteiger partial charge in [0.25, 0.3) is 0 Å². The van der Waals surface area contributed by atoms with Crippen LogP contribution < -0.4 is 0 Å². The van der Waals surface area contributed by atoms with Crippen LogP contribution in [0.3, 0.4) is 0 Å². The first-order chi connectivity index (χ1) is 30.7. The van der Waals surface area contributed by atoms with Gasteiger partial charge in [-0.25, -0.2) is 0 Å². The Morgan fingerprint density at radius 2 is 0.952 bits per heavy atom. The second kappa shape index (κ2) is 13.9. The van der Waals surface area contributed by atoms with Crippen LogP contribution in [0.15, 0.2) is 206 Å². The van der Waals surface area contributed by atoms with Gasteiger partial charge in [0.15, 0.2) is 0 Å². The zero-order valence-electron chi connectivity index (χ0n) is 34.2. The van der Waals surface area contributed by atoms with E-state index in [9.17, 15) is 0 Å². The largest absolute Gasteiger partial charge is 0.300 e. The second-order valence-electron chi connectivity index (χ2n) is 16.5. The molecular formula is C58H40N4. The minimum atomic E-state index is -0.489. The summed E-state index contributed by atoms with van der Waals surface area (Å²) < 4.78 is 0. The molecule has 2 aromatic heterocycles. The minimum absolute atomic E-state index is 0.427. The maximum Gasteiger partial charge on any atom is 0.0720 e. The molecule has 292 valence electrons. The molecule has 0 atom stereocenters. The molecule has 4 heteroatoms. The molecule has 0 saturated heterocycles. The highest BCUT2D eigenvalue weighted by molar-refractivity contribution is 6.10. The van der Waals surface area contributed by atoms with Gasteiger partial charge in [-0.15, -0.1) is 0 Å². The Bertz CT molecular complexity index is 3170. The van der Waals surface area contributed by atoms with Crippen molar-refractivity contribution in [2.24, 2.45) is 4.99 Å². The Balaban J connectivity index is 0.000000250. The van der Waals surface area contributed by atoms with Crippen LogP contribution in [0, 0.1) is 5.41 Å². The van der Waals surface area contributed by atoms with Crippen molar-refractivity contribution in [1.82, 2.24) is 9.97 Å². The number of pyridine rings is 2. The van der Waals surface area contributed by atoms with Crippen molar-refractivity contribution in [3.63, 3.8) is 0 Å². The standard InChI is InChI=1S/C47H31N.C11H9N3/c1-48-28-30-14-12-24-42-44(30)45-35-27-29-13-2-3-15-31(29)32(35)25-26-43(45)47(42)40-22-10-8-20-38(40)46(39-21-9-11-23-41(39)47)36-18-6-4-16-33(36)34-17-5-7-19-37(34)46;12-11(9-3-1-5-13-7-9)10-4-2-6-14-8-10/h2-26,28H,27H2,1H3;1-8,12H. The van der Waals surface area contributed by atoms with Crippen molar-refractivity contribution in [1.29, 1.82) is 5.41 Å². The molecule has 1 N–H and O–H groups in total. The lowest BCUT2D eigenvalue weighted by molar-refractivity contribution is 0.632. The van der Waals surface area contributed by atoms with Gasteiger partial charge in [-0.2, -0.15) is 0 Å². The van der Waals surface area contributed by atoms with Gasteiger partial charge in [0, 0.05) is 54.7 Å². The lowest BCUT2D eigenvalue weighted by Crippen LogP contribution is -2.43. The van der Waals surface area contributed by atoms with Gasteiger partial charge >= 0.3 is 0 Å². The van der Waals surface area contributed by atoms with Crippen LogP contribution in [0.4, 0.5) is 0 Å². The van der Waals surface area contributed by atoms with Crippen LogP contribution in [0.25, 0.3) is 33.4 Å². The molecule has 0 saturated carbocycles. The van der Waals surface area contributed by atoms with Crippen molar-refractivity contribution in [2.75, 3.05) is 7.05 Å². The summed E-state index contributed by atoms with van der Waals surface area (Å²) in [4.78, 5) is 12.5. The van der Waals surface area contributed by atoms with Crippen LogP contribution in [0.2, 0.25) is 0 Å². The van der Waals surface area contributed by atoms with Crippen molar-refractivity contribution in [3.8, 4) is 33.4 Å². The topological polar surface area (TPSA) is 62.0 Å². The fourth-order valence-corrected chi connectivity index (χ4v) is 11.5. The lowest BCUT2D eigenvalue weighted by atomic mass is 9.52. The summed E-state index contributed by atoms with van der Waals surface area (Å²) in [5, 5.41) is 7.89. The molecule has 7 aromatic carbocycles. The summed E-state index contributed by atoms with van der Waals surface area (Å²) in [7, 11) is 1.89. The van der Waals surface area contributed by atoms with Crippen LogP contribution in [0.1, 0.15) is 72.3 Å². The number of fused-ring (bicyclic) bond motifs is 20. The number of nitrogens with one attached hydrogen (secondary N) is 1. The highest BCUT2D eigenvalue weighted by Gasteiger charge is 2.59. The zero-order valence-corrected chi connectivity index (χ0v) is 34.2. The summed E-state index contributed by atoms with van der Waals surface area (Å²) in [5.74, 6) is 0.